The molecule has 0 spiro atoms. The zero-order valence-corrected chi connectivity index (χ0v) is 29.4. The van der Waals surface area contributed by atoms with Crippen molar-refractivity contribution in [2.75, 3.05) is 11.9 Å². The van der Waals surface area contributed by atoms with Crippen LogP contribution < -0.4 is 10.1 Å². The van der Waals surface area contributed by atoms with E-state index < -0.39 is 10.8 Å². The minimum atomic E-state index is -3.41. The Morgan fingerprint density at radius 3 is 2.72 bits per heavy atom. The Bertz CT molecular complexity index is 2200. The minimum absolute atomic E-state index is 0.152. The molecule has 12 heteroatoms. The van der Waals surface area contributed by atoms with Gasteiger partial charge in [-0.1, -0.05) is 60.7 Å². The Balaban J connectivity index is 1.27. The maximum atomic E-state index is 14.0. The van der Waals surface area contributed by atoms with Crippen LogP contribution in [0.2, 0.25) is 0 Å². The van der Waals surface area contributed by atoms with Crippen LogP contribution in [-0.4, -0.2) is 56.9 Å². The Labute approximate surface area is 292 Å². The number of aromatic nitrogens is 5. The summed E-state index contributed by atoms with van der Waals surface area (Å²) < 4.78 is 33.0. The van der Waals surface area contributed by atoms with E-state index in [1.54, 1.807) is 35.0 Å². The number of nitrogens with zero attached hydrogens (tertiary/aromatic N) is 6. The topological polar surface area (TPSA) is 139 Å². The Morgan fingerprint density at radius 2 is 1.90 bits per heavy atom. The molecular formula is C38H41N7O4S. The van der Waals surface area contributed by atoms with Crippen molar-refractivity contribution >= 4 is 44.2 Å². The number of fused-ring (bicyclic) bond motifs is 3. The van der Waals surface area contributed by atoms with Gasteiger partial charge in [0.1, 0.15) is 16.5 Å². The van der Waals surface area contributed by atoms with Crippen molar-refractivity contribution in [1.82, 2.24) is 29.3 Å². The van der Waals surface area contributed by atoms with Crippen LogP contribution in [0, 0.1) is 13.8 Å². The van der Waals surface area contributed by atoms with Crippen molar-refractivity contribution in [3.8, 4) is 5.88 Å². The van der Waals surface area contributed by atoms with Crippen LogP contribution in [-0.2, 0) is 17.9 Å². The Hall–Kier alpha value is -4.88. The molecule has 11 nitrogen and oxygen atoms in total. The van der Waals surface area contributed by atoms with E-state index in [1.807, 2.05) is 68.8 Å². The summed E-state index contributed by atoms with van der Waals surface area (Å²) >= 11 is 0. The molecule has 0 saturated heterocycles. The van der Waals surface area contributed by atoms with Crippen molar-refractivity contribution in [1.29, 1.82) is 0 Å². The van der Waals surface area contributed by atoms with E-state index in [4.69, 9.17) is 4.74 Å². The highest BCUT2D eigenvalue weighted by atomic mass is 32.3. The Morgan fingerprint density at radius 1 is 1.06 bits per heavy atom. The molecule has 0 bridgehead atoms. The third-order valence-electron chi connectivity index (χ3n) is 9.64. The largest absolute Gasteiger partial charge is 0.472 e. The molecule has 0 radical (unpaired) electrons. The van der Waals surface area contributed by atoms with Crippen molar-refractivity contribution in [2.24, 2.45) is 0 Å². The van der Waals surface area contributed by atoms with Crippen molar-refractivity contribution < 1.29 is 18.6 Å². The van der Waals surface area contributed by atoms with Gasteiger partial charge in [0.15, 0.2) is 0 Å². The average molecular weight is 692 g/mol. The molecule has 0 unspecified atom stereocenters. The summed E-state index contributed by atoms with van der Waals surface area (Å²) in [5, 5.41) is 13.8. The van der Waals surface area contributed by atoms with E-state index in [1.165, 1.54) is 0 Å². The van der Waals surface area contributed by atoms with E-state index in [2.05, 4.69) is 43.8 Å². The van der Waals surface area contributed by atoms with Crippen molar-refractivity contribution in [2.45, 2.75) is 70.5 Å². The molecule has 1 aliphatic rings. The second-order valence-corrected chi connectivity index (χ2v) is 14.7. The first-order valence-electron chi connectivity index (χ1n) is 16.9. The molecule has 0 saturated carbocycles. The van der Waals surface area contributed by atoms with Crippen LogP contribution in [0.4, 0.5) is 5.69 Å². The fourth-order valence-corrected chi connectivity index (χ4v) is 8.35. The van der Waals surface area contributed by atoms with Crippen LogP contribution >= 0.6 is 10.8 Å². The summed E-state index contributed by atoms with van der Waals surface area (Å²) in [6, 6.07) is 21.5. The summed E-state index contributed by atoms with van der Waals surface area (Å²) in [5.74, 6) is -0.235. The highest BCUT2D eigenvalue weighted by Crippen LogP contribution is 2.57. The molecule has 3 N–H and O–H groups in total. The number of hydrogen-bond donors (Lipinski definition) is 3. The lowest BCUT2D eigenvalue weighted by atomic mass is 9.84. The zero-order chi connectivity index (χ0) is 35.0. The molecule has 3 aromatic carbocycles. The van der Waals surface area contributed by atoms with Gasteiger partial charge in [0, 0.05) is 48.6 Å². The first kappa shape index (κ1) is 33.6. The quantitative estimate of drug-likeness (QED) is 0.138. The number of anilines is 1. The zero-order valence-electron chi connectivity index (χ0n) is 28.6. The normalized spacial score (nSPS) is 17.1. The standard InChI is InChI=1S/C38H41N7O4S/c1-5-29-23-44(50(47,48)35-12-9-17-40-38(35)49-29)22-28-18-26(14-13-24(28)3)32(30-15-16-34-37(25(30)4)42-43-45(34)6-2)19-36(46)41-33-21-39-20-27-10-7-8-11-31(27)33/h7-18,20-21,29,32,47-48H,5-6,19,22-23H2,1-4H3,(H,41,46)/t29-,32+/m1/s1. The van der Waals surface area contributed by atoms with E-state index in [0.717, 1.165) is 49.6 Å². The molecular weight excluding hydrogens is 651 g/mol. The third-order valence-corrected chi connectivity index (χ3v) is 11.5. The Kier molecular flexibility index (Phi) is 9.27. The van der Waals surface area contributed by atoms with Crippen LogP contribution in [0.15, 0.2) is 90.2 Å². The summed E-state index contributed by atoms with van der Waals surface area (Å²) in [4.78, 5) is 22.9. The number of amides is 1. The molecule has 1 aliphatic heterocycles. The fraction of sp³-hybridized carbons (Fsp3) is 0.289. The number of pyridine rings is 2. The van der Waals surface area contributed by atoms with E-state index in [-0.39, 0.29) is 41.7 Å². The summed E-state index contributed by atoms with van der Waals surface area (Å²) in [6.45, 7) is 9.36. The van der Waals surface area contributed by atoms with Gasteiger partial charge < -0.3 is 10.1 Å². The number of hydrogen-bond acceptors (Lipinski definition) is 9. The lowest BCUT2D eigenvalue weighted by molar-refractivity contribution is -0.116. The molecule has 6 aromatic rings. The van der Waals surface area contributed by atoms with Crippen LogP contribution in [0.3, 0.4) is 0 Å². The van der Waals surface area contributed by atoms with Crippen molar-refractivity contribution in [3.05, 3.63) is 113 Å². The van der Waals surface area contributed by atoms with E-state index >= 15 is 0 Å². The molecule has 1 amide bonds. The molecule has 0 fully saturated rings. The molecule has 4 heterocycles. The molecule has 258 valence electrons. The lowest BCUT2D eigenvalue weighted by Crippen LogP contribution is -2.34. The van der Waals surface area contributed by atoms with Crippen LogP contribution in [0.25, 0.3) is 21.8 Å². The number of carbonyl (C=O) groups is 1. The van der Waals surface area contributed by atoms with Gasteiger partial charge in [0.05, 0.1) is 23.9 Å². The number of nitrogens with one attached hydrogen (secondary N) is 1. The minimum Gasteiger partial charge on any atom is -0.472 e. The second-order valence-electron chi connectivity index (χ2n) is 12.7. The van der Waals surface area contributed by atoms with Gasteiger partial charge in [-0.05, 0) is 73.2 Å². The predicted octanol–water partition coefficient (Wildman–Crippen LogP) is 7.87. The van der Waals surface area contributed by atoms with Gasteiger partial charge in [-0.25, -0.2) is 9.67 Å². The molecule has 3 aromatic heterocycles. The highest BCUT2D eigenvalue weighted by molar-refractivity contribution is 8.22. The number of rotatable bonds is 9. The third kappa shape index (κ3) is 6.31. The number of aryl methyl sites for hydroxylation is 3. The van der Waals surface area contributed by atoms with Gasteiger partial charge in [0.2, 0.25) is 11.8 Å². The second kappa shape index (κ2) is 13.8. The smallest absolute Gasteiger partial charge is 0.239 e. The molecule has 50 heavy (non-hydrogen) atoms. The predicted molar refractivity (Wildman–Crippen MR) is 196 cm³/mol. The van der Waals surface area contributed by atoms with Crippen molar-refractivity contribution in [3.63, 3.8) is 0 Å². The number of carbonyl (C=O) groups excluding carboxylic acids is 1. The fourth-order valence-electron chi connectivity index (χ4n) is 6.78. The number of ether oxygens (including phenoxy) is 1. The average Bonchev–Trinajstić information content (AvgIpc) is 3.51. The summed E-state index contributed by atoms with van der Waals surface area (Å²) in [7, 11) is -3.41. The monoisotopic (exact) mass is 691 g/mol. The molecule has 7 rings (SSSR count). The van der Waals surface area contributed by atoms with Crippen LogP contribution in [0.1, 0.15) is 60.4 Å². The molecule has 0 aliphatic carbocycles. The van der Waals surface area contributed by atoms with Crippen LogP contribution in [0.5, 0.6) is 5.88 Å². The number of benzene rings is 3. The van der Waals surface area contributed by atoms with Gasteiger partial charge in [-0.15, -0.1) is 15.9 Å². The summed E-state index contributed by atoms with van der Waals surface area (Å²) in [6.07, 6.45) is 5.62. The SMILES string of the molecule is CC[C@@H]1CN(Cc2cc([C@H](CC(=O)Nc3cncc4ccccc34)c3ccc4c(nnn4CC)c3C)ccc2C)S(O)(O)c2cccnc2O1. The first-order valence-corrected chi connectivity index (χ1v) is 18.4. The van der Waals surface area contributed by atoms with E-state index in [9.17, 15) is 13.9 Å². The van der Waals surface area contributed by atoms with E-state index in [0.29, 0.717) is 25.2 Å². The summed E-state index contributed by atoms with van der Waals surface area (Å²) in [5.41, 5.74) is 7.18. The highest BCUT2D eigenvalue weighted by Gasteiger charge is 2.36. The maximum absolute atomic E-state index is 14.0. The van der Waals surface area contributed by atoms with Gasteiger partial charge >= 0.3 is 0 Å². The first-order chi connectivity index (χ1) is 24.2. The van der Waals surface area contributed by atoms with Gasteiger partial charge in [0.25, 0.3) is 0 Å². The van der Waals surface area contributed by atoms with Gasteiger partial charge in [-0.2, -0.15) is 4.31 Å². The molecule has 2 atom stereocenters. The maximum Gasteiger partial charge on any atom is 0.239 e. The lowest BCUT2D eigenvalue weighted by Gasteiger charge is -2.41. The van der Waals surface area contributed by atoms with Gasteiger partial charge in [-0.3, -0.25) is 18.9 Å².